The molecule has 1 atom stereocenters. The van der Waals surface area contributed by atoms with Crippen molar-refractivity contribution < 1.29 is 4.79 Å². The number of anilines is 1. The van der Waals surface area contributed by atoms with Gasteiger partial charge in [0.2, 0.25) is 5.91 Å². The van der Waals surface area contributed by atoms with E-state index in [1.807, 2.05) is 6.07 Å². The van der Waals surface area contributed by atoms with Gasteiger partial charge in [-0.15, -0.1) is 0 Å². The number of carbonyl (C=O) groups excluding carboxylic acids is 1. The van der Waals surface area contributed by atoms with Crippen molar-refractivity contribution in [1.82, 2.24) is 9.88 Å². The summed E-state index contributed by atoms with van der Waals surface area (Å²) in [7, 11) is 0. The number of primary amides is 1. The van der Waals surface area contributed by atoms with Gasteiger partial charge in [0.25, 0.3) is 0 Å². The van der Waals surface area contributed by atoms with Gasteiger partial charge < -0.3 is 11.1 Å². The van der Waals surface area contributed by atoms with Crippen molar-refractivity contribution in [3.8, 4) is 0 Å². The Bertz CT molecular complexity index is 435. The normalized spacial score (nSPS) is 20.2. The first kappa shape index (κ1) is 13.8. The number of carbonyl (C=O) groups is 1. The first-order valence-corrected chi connectivity index (χ1v) is 6.90. The van der Waals surface area contributed by atoms with Gasteiger partial charge in [-0.2, -0.15) is 0 Å². The molecular formula is C14H22N4O. The Morgan fingerprint density at radius 1 is 1.63 bits per heavy atom. The van der Waals surface area contributed by atoms with Gasteiger partial charge in [-0.3, -0.25) is 9.69 Å². The standard InChI is InChI=1S/C14H22N4O/c1-2-16-14-12(5-3-7-17-14)10-18-8-4-6-11(9-18)13(15)19/h3,5,7,11H,2,4,6,8-10H2,1H3,(H2,15,19)(H,16,17). The number of nitrogens with zero attached hydrogens (tertiary/aromatic N) is 2. The van der Waals surface area contributed by atoms with Crippen molar-refractivity contribution in [2.75, 3.05) is 25.0 Å². The van der Waals surface area contributed by atoms with E-state index in [-0.39, 0.29) is 11.8 Å². The Labute approximate surface area is 114 Å². The maximum absolute atomic E-state index is 11.3. The lowest BCUT2D eigenvalue weighted by atomic mass is 9.97. The number of likely N-dealkylation sites (tertiary alicyclic amines) is 1. The Hall–Kier alpha value is -1.62. The number of hydrogen-bond acceptors (Lipinski definition) is 4. The monoisotopic (exact) mass is 262 g/mol. The van der Waals surface area contributed by atoms with E-state index < -0.39 is 0 Å². The molecular weight excluding hydrogens is 240 g/mol. The fourth-order valence-electron chi connectivity index (χ4n) is 2.57. The summed E-state index contributed by atoms with van der Waals surface area (Å²) in [5.41, 5.74) is 6.59. The number of rotatable bonds is 5. The molecule has 3 N–H and O–H groups in total. The summed E-state index contributed by atoms with van der Waals surface area (Å²) in [5, 5.41) is 3.27. The van der Waals surface area contributed by atoms with Crippen LogP contribution in [0.2, 0.25) is 0 Å². The molecule has 1 amide bonds. The summed E-state index contributed by atoms with van der Waals surface area (Å²) < 4.78 is 0. The van der Waals surface area contributed by atoms with Crippen LogP contribution in [-0.2, 0) is 11.3 Å². The highest BCUT2D eigenvalue weighted by Crippen LogP contribution is 2.20. The van der Waals surface area contributed by atoms with Crippen molar-refractivity contribution in [3.63, 3.8) is 0 Å². The van der Waals surface area contributed by atoms with Crippen molar-refractivity contribution >= 4 is 11.7 Å². The van der Waals surface area contributed by atoms with E-state index in [9.17, 15) is 4.79 Å². The zero-order valence-electron chi connectivity index (χ0n) is 11.4. The molecule has 2 rings (SSSR count). The highest BCUT2D eigenvalue weighted by atomic mass is 16.1. The number of aromatic nitrogens is 1. The minimum absolute atomic E-state index is 0.00648. The maximum atomic E-state index is 11.3. The van der Waals surface area contributed by atoms with Crippen LogP contribution in [0.4, 0.5) is 5.82 Å². The van der Waals surface area contributed by atoms with Gasteiger partial charge in [0, 0.05) is 31.4 Å². The first-order valence-electron chi connectivity index (χ1n) is 6.90. The molecule has 5 heteroatoms. The quantitative estimate of drug-likeness (QED) is 0.836. The van der Waals surface area contributed by atoms with Crippen LogP contribution >= 0.6 is 0 Å². The number of nitrogens with two attached hydrogens (primary N) is 1. The third-order valence-corrected chi connectivity index (χ3v) is 3.54. The third kappa shape index (κ3) is 3.67. The van der Waals surface area contributed by atoms with Crippen LogP contribution in [0.3, 0.4) is 0 Å². The molecule has 0 radical (unpaired) electrons. The first-order chi connectivity index (χ1) is 9.20. The molecule has 1 fully saturated rings. The molecule has 1 unspecified atom stereocenters. The van der Waals surface area contributed by atoms with Crippen molar-refractivity contribution in [3.05, 3.63) is 23.9 Å². The van der Waals surface area contributed by atoms with Crippen LogP contribution in [0.1, 0.15) is 25.3 Å². The van der Waals surface area contributed by atoms with Gasteiger partial charge in [0.15, 0.2) is 0 Å². The molecule has 1 aliphatic rings. The zero-order valence-corrected chi connectivity index (χ0v) is 11.4. The SMILES string of the molecule is CCNc1ncccc1CN1CCCC(C(N)=O)C1. The van der Waals surface area contributed by atoms with Gasteiger partial charge in [0.05, 0.1) is 5.92 Å². The largest absolute Gasteiger partial charge is 0.370 e. The summed E-state index contributed by atoms with van der Waals surface area (Å²) in [6, 6.07) is 4.03. The van der Waals surface area contributed by atoms with Crippen LogP contribution in [0.5, 0.6) is 0 Å². The van der Waals surface area contributed by atoms with E-state index in [1.54, 1.807) is 6.20 Å². The number of amides is 1. The van der Waals surface area contributed by atoms with Gasteiger partial charge in [-0.1, -0.05) is 6.07 Å². The summed E-state index contributed by atoms with van der Waals surface area (Å²) in [5.74, 6) is 0.752. The minimum atomic E-state index is -0.178. The summed E-state index contributed by atoms with van der Waals surface area (Å²) in [4.78, 5) is 17.9. The molecule has 104 valence electrons. The topological polar surface area (TPSA) is 71.2 Å². The second-order valence-corrected chi connectivity index (χ2v) is 5.02. The average molecular weight is 262 g/mol. The Morgan fingerprint density at radius 2 is 2.47 bits per heavy atom. The summed E-state index contributed by atoms with van der Waals surface area (Å²) >= 11 is 0. The predicted octanol–water partition coefficient (Wildman–Crippen LogP) is 1.21. The minimum Gasteiger partial charge on any atom is -0.370 e. The Morgan fingerprint density at radius 3 is 3.21 bits per heavy atom. The fourth-order valence-corrected chi connectivity index (χ4v) is 2.57. The Balaban J connectivity index is 2.02. The van der Waals surface area contributed by atoms with Crippen LogP contribution < -0.4 is 11.1 Å². The van der Waals surface area contributed by atoms with E-state index in [0.717, 1.165) is 44.8 Å². The van der Waals surface area contributed by atoms with Crippen LogP contribution in [0.15, 0.2) is 18.3 Å². The molecule has 0 spiro atoms. The highest BCUT2D eigenvalue weighted by Gasteiger charge is 2.24. The maximum Gasteiger partial charge on any atom is 0.221 e. The fraction of sp³-hybridized carbons (Fsp3) is 0.571. The smallest absolute Gasteiger partial charge is 0.221 e. The lowest BCUT2D eigenvalue weighted by Gasteiger charge is -2.31. The predicted molar refractivity (Wildman–Crippen MR) is 75.6 cm³/mol. The molecule has 0 saturated carbocycles. The lowest BCUT2D eigenvalue weighted by Crippen LogP contribution is -2.40. The third-order valence-electron chi connectivity index (χ3n) is 3.54. The molecule has 1 saturated heterocycles. The number of hydrogen-bond donors (Lipinski definition) is 2. The molecule has 19 heavy (non-hydrogen) atoms. The second-order valence-electron chi connectivity index (χ2n) is 5.02. The number of piperidine rings is 1. The van der Waals surface area contributed by atoms with Crippen molar-refractivity contribution in [2.24, 2.45) is 11.7 Å². The van der Waals surface area contributed by atoms with Crippen molar-refractivity contribution in [2.45, 2.75) is 26.3 Å². The molecule has 2 heterocycles. The van der Waals surface area contributed by atoms with E-state index in [0.29, 0.717) is 0 Å². The van der Waals surface area contributed by atoms with E-state index in [2.05, 4.69) is 28.2 Å². The molecule has 1 aromatic heterocycles. The van der Waals surface area contributed by atoms with E-state index in [1.165, 1.54) is 5.56 Å². The molecule has 5 nitrogen and oxygen atoms in total. The van der Waals surface area contributed by atoms with Crippen LogP contribution in [-0.4, -0.2) is 35.4 Å². The Kier molecular flexibility index (Phi) is 4.74. The molecule has 0 bridgehead atoms. The average Bonchev–Trinajstić information content (AvgIpc) is 2.41. The van der Waals surface area contributed by atoms with Gasteiger partial charge >= 0.3 is 0 Å². The van der Waals surface area contributed by atoms with E-state index in [4.69, 9.17) is 5.73 Å². The van der Waals surface area contributed by atoms with Crippen LogP contribution in [0.25, 0.3) is 0 Å². The van der Waals surface area contributed by atoms with Crippen LogP contribution in [0, 0.1) is 5.92 Å². The molecule has 1 aliphatic heterocycles. The van der Waals surface area contributed by atoms with E-state index >= 15 is 0 Å². The molecule has 0 aromatic carbocycles. The summed E-state index contributed by atoms with van der Waals surface area (Å²) in [6.45, 7) is 5.51. The van der Waals surface area contributed by atoms with Gasteiger partial charge in [0.1, 0.15) is 5.82 Å². The van der Waals surface area contributed by atoms with Gasteiger partial charge in [-0.05, 0) is 32.4 Å². The zero-order chi connectivity index (χ0) is 13.7. The molecule has 0 aliphatic carbocycles. The highest BCUT2D eigenvalue weighted by molar-refractivity contribution is 5.76. The number of nitrogens with one attached hydrogen (secondary N) is 1. The lowest BCUT2D eigenvalue weighted by molar-refractivity contribution is -0.123. The van der Waals surface area contributed by atoms with Crippen molar-refractivity contribution in [1.29, 1.82) is 0 Å². The summed E-state index contributed by atoms with van der Waals surface area (Å²) in [6.07, 6.45) is 3.74. The molecule has 1 aromatic rings. The van der Waals surface area contributed by atoms with Gasteiger partial charge in [-0.25, -0.2) is 4.98 Å². The number of pyridine rings is 1. The second kappa shape index (κ2) is 6.52.